The Morgan fingerprint density at radius 3 is 2.48 bits per heavy atom. The molecule has 21 heavy (non-hydrogen) atoms. The average molecular weight is 290 g/mol. The maximum atomic E-state index is 12.7. The van der Waals surface area contributed by atoms with Crippen LogP contribution < -0.4 is 5.32 Å². The van der Waals surface area contributed by atoms with Crippen LogP contribution in [-0.2, 0) is 6.18 Å². The number of halogens is 3. The van der Waals surface area contributed by atoms with Crippen LogP contribution in [-0.4, -0.2) is 0 Å². The van der Waals surface area contributed by atoms with Crippen molar-refractivity contribution < 1.29 is 13.2 Å². The molecule has 0 aliphatic carbocycles. The molecule has 1 atom stereocenters. The van der Waals surface area contributed by atoms with Crippen LogP contribution in [0, 0.1) is 11.3 Å². The van der Waals surface area contributed by atoms with Crippen molar-refractivity contribution in [2.45, 2.75) is 19.1 Å². The van der Waals surface area contributed by atoms with Gasteiger partial charge in [-0.1, -0.05) is 18.2 Å². The third kappa shape index (κ3) is 3.76. The molecular weight excluding hydrogens is 277 g/mol. The van der Waals surface area contributed by atoms with Crippen molar-refractivity contribution in [2.75, 3.05) is 5.32 Å². The van der Waals surface area contributed by atoms with Crippen molar-refractivity contribution in [1.82, 2.24) is 0 Å². The summed E-state index contributed by atoms with van der Waals surface area (Å²) in [6, 6.07) is 13.7. The lowest BCUT2D eigenvalue weighted by Gasteiger charge is -2.17. The third-order valence-electron chi connectivity index (χ3n) is 3.09. The molecule has 0 aliphatic heterocycles. The molecule has 0 radical (unpaired) electrons. The second kappa shape index (κ2) is 5.88. The minimum atomic E-state index is -4.35. The standard InChI is InChI=1S/C16H13F3N2/c1-11(21-15-7-2-4-12(8-15)10-20)13-5-3-6-14(9-13)16(17,18)19/h2-9,11,21H,1H3. The molecule has 1 unspecified atom stereocenters. The summed E-state index contributed by atoms with van der Waals surface area (Å²) in [7, 11) is 0. The number of nitrogens with zero attached hydrogens (tertiary/aromatic N) is 1. The van der Waals surface area contributed by atoms with Crippen LogP contribution in [0.2, 0.25) is 0 Å². The highest BCUT2D eigenvalue weighted by Crippen LogP contribution is 2.31. The zero-order chi connectivity index (χ0) is 15.5. The monoisotopic (exact) mass is 290 g/mol. The van der Waals surface area contributed by atoms with Gasteiger partial charge in [0.05, 0.1) is 17.2 Å². The quantitative estimate of drug-likeness (QED) is 0.885. The molecule has 0 amide bonds. The van der Waals surface area contributed by atoms with Gasteiger partial charge in [0, 0.05) is 11.7 Å². The van der Waals surface area contributed by atoms with Gasteiger partial charge in [-0.3, -0.25) is 0 Å². The van der Waals surface area contributed by atoms with E-state index in [1.807, 2.05) is 6.07 Å². The molecular formula is C16H13F3N2. The number of hydrogen-bond acceptors (Lipinski definition) is 2. The Morgan fingerprint density at radius 2 is 1.81 bits per heavy atom. The normalized spacial score (nSPS) is 12.5. The number of anilines is 1. The molecule has 0 bridgehead atoms. The molecule has 2 nitrogen and oxygen atoms in total. The highest BCUT2D eigenvalue weighted by Gasteiger charge is 2.30. The summed E-state index contributed by atoms with van der Waals surface area (Å²) in [6.07, 6.45) is -4.35. The van der Waals surface area contributed by atoms with Crippen molar-refractivity contribution in [3.8, 4) is 6.07 Å². The van der Waals surface area contributed by atoms with Crippen LogP contribution in [0.3, 0.4) is 0 Å². The van der Waals surface area contributed by atoms with Gasteiger partial charge in [-0.2, -0.15) is 18.4 Å². The Labute approximate surface area is 120 Å². The van der Waals surface area contributed by atoms with Gasteiger partial charge in [0.25, 0.3) is 0 Å². The predicted molar refractivity (Wildman–Crippen MR) is 74.6 cm³/mol. The van der Waals surface area contributed by atoms with E-state index in [-0.39, 0.29) is 6.04 Å². The lowest BCUT2D eigenvalue weighted by molar-refractivity contribution is -0.137. The number of rotatable bonds is 3. The Balaban J connectivity index is 2.20. The van der Waals surface area contributed by atoms with Crippen molar-refractivity contribution in [3.05, 3.63) is 65.2 Å². The van der Waals surface area contributed by atoms with Crippen LogP contribution in [0.15, 0.2) is 48.5 Å². The molecule has 0 aromatic heterocycles. The van der Waals surface area contributed by atoms with E-state index in [0.29, 0.717) is 16.8 Å². The highest BCUT2D eigenvalue weighted by molar-refractivity contribution is 5.50. The maximum absolute atomic E-state index is 12.7. The fourth-order valence-electron chi connectivity index (χ4n) is 2.00. The summed E-state index contributed by atoms with van der Waals surface area (Å²) in [5, 5.41) is 11.9. The minimum Gasteiger partial charge on any atom is -0.378 e. The summed E-state index contributed by atoms with van der Waals surface area (Å²) in [5.74, 6) is 0. The van der Waals surface area contributed by atoms with E-state index in [9.17, 15) is 13.2 Å². The average Bonchev–Trinajstić information content (AvgIpc) is 2.46. The SMILES string of the molecule is CC(Nc1cccc(C#N)c1)c1cccc(C(F)(F)F)c1. The summed E-state index contributed by atoms with van der Waals surface area (Å²) in [6.45, 7) is 1.77. The minimum absolute atomic E-state index is 0.304. The number of hydrogen-bond donors (Lipinski definition) is 1. The molecule has 0 saturated carbocycles. The Bertz CT molecular complexity index is 672. The van der Waals surface area contributed by atoms with Gasteiger partial charge in [-0.15, -0.1) is 0 Å². The Kier molecular flexibility index (Phi) is 4.18. The van der Waals surface area contributed by atoms with Crippen molar-refractivity contribution in [3.63, 3.8) is 0 Å². The van der Waals surface area contributed by atoms with Gasteiger partial charge in [-0.05, 0) is 42.8 Å². The summed E-state index contributed by atoms with van der Waals surface area (Å²) < 4.78 is 38.1. The van der Waals surface area contributed by atoms with Gasteiger partial charge in [0.15, 0.2) is 0 Å². The lowest BCUT2D eigenvalue weighted by Crippen LogP contribution is -2.10. The van der Waals surface area contributed by atoms with Crippen molar-refractivity contribution in [2.24, 2.45) is 0 Å². The molecule has 0 fully saturated rings. The van der Waals surface area contributed by atoms with E-state index in [1.165, 1.54) is 6.07 Å². The van der Waals surface area contributed by atoms with E-state index >= 15 is 0 Å². The van der Waals surface area contributed by atoms with Crippen LogP contribution in [0.5, 0.6) is 0 Å². The highest BCUT2D eigenvalue weighted by atomic mass is 19.4. The van der Waals surface area contributed by atoms with Crippen LogP contribution in [0.25, 0.3) is 0 Å². The van der Waals surface area contributed by atoms with Crippen molar-refractivity contribution >= 4 is 5.69 Å². The fourth-order valence-corrected chi connectivity index (χ4v) is 2.00. The molecule has 0 spiro atoms. The first-order valence-electron chi connectivity index (χ1n) is 6.34. The molecule has 2 aromatic rings. The first kappa shape index (κ1) is 14.9. The Hall–Kier alpha value is -2.48. The summed E-state index contributed by atoms with van der Waals surface area (Å²) >= 11 is 0. The fraction of sp³-hybridized carbons (Fsp3) is 0.188. The van der Waals surface area contributed by atoms with E-state index in [2.05, 4.69) is 5.32 Å². The molecule has 2 rings (SSSR count). The first-order valence-corrected chi connectivity index (χ1v) is 6.34. The van der Waals surface area contributed by atoms with Crippen LogP contribution >= 0.6 is 0 Å². The van der Waals surface area contributed by atoms with Crippen LogP contribution in [0.4, 0.5) is 18.9 Å². The molecule has 2 aromatic carbocycles. The zero-order valence-electron chi connectivity index (χ0n) is 11.3. The molecule has 1 N–H and O–H groups in total. The molecule has 0 aliphatic rings. The molecule has 0 heterocycles. The molecule has 0 saturated heterocycles. The van der Waals surface area contributed by atoms with Gasteiger partial charge in [0.1, 0.15) is 0 Å². The lowest BCUT2D eigenvalue weighted by atomic mass is 10.0. The molecule has 5 heteroatoms. The van der Waals surface area contributed by atoms with Crippen molar-refractivity contribution in [1.29, 1.82) is 5.26 Å². The zero-order valence-corrected chi connectivity index (χ0v) is 11.3. The van der Waals surface area contributed by atoms with Gasteiger partial charge in [0.2, 0.25) is 0 Å². The topological polar surface area (TPSA) is 35.8 Å². The Morgan fingerprint density at radius 1 is 1.10 bits per heavy atom. The number of alkyl halides is 3. The van der Waals surface area contributed by atoms with Gasteiger partial charge < -0.3 is 5.32 Å². The second-order valence-electron chi connectivity index (χ2n) is 4.68. The second-order valence-corrected chi connectivity index (χ2v) is 4.68. The predicted octanol–water partition coefficient (Wildman–Crippen LogP) is 4.75. The third-order valence-corrected chi connectivity index (χ3v) is 3.09. The molecule has 108 valence electrons. The van der Waals surface area contributed by atoms with Gasteiger partial charge >= 0.3 is 6.18 Å². The smallest absolute Gasteiger partial charge is 0.378 e. The van der Waals surface area contributed by atoms with E-state index in [0.717, 1.165) is 12.1 Å². The summed E-state index contributed by atoms with van der Waals surface area (Å²) in [4.78, 5) is 0. The largest absolute Gasteiger partial charge is 0.416 e. The summed E-state index contributed by atoms with van der Waals surface area (Å²) in [5.41, 5.74) is 1.06. The van der Waals surface area contributed by atoms with Gasteiger partial charge in [-0.25, -0.2) is 0 Å². The number of nitrogens with one attached hydrogen (secondary N) is 1. The van der Waals surface area contributed by atoms with Crippen LogP contribution in [0.1, 0.15) is 29.7 Å². The number of benzene rings is 2. The van der Waals surface area contributed by atoms with E-state index in [4.69, 9.17) is 5.26 Å². The maximum Gasteiger partial charge on any atom is 0.416 e. The number of nitriles is 1. The van der Waals surface area contributed by atoms with E-state index < -0.39 is 11.7 Å². The van der Waals surface area contributed by atoms with E-state index in [1.54, 1.807) is 37.3 Å². The first-order chi connectivity index (χ1) is 9.90.